The molecule has 12 heavy (non-hydrogen) atoms. The number of benzene rings is 1. The van der Waals surface area contributed by atoms with E-state index in [-0.39, 0.29) is 11.1 Å². The Morgan fingerprint density at radius 3 is 2.67 bits per heavy atom. The smallest absolute Gasteiger partial charge is 0.336 e. The summed E-state index contributed by atoms with van der Waals surface area (Å²) in [4.78, 5) is 21.5. The van der Waals surface area contributed by atoms with Crippen molar-refractivity contribution in [2.45, 2.75) is 4.90 Å². The average Bonchev–Trinajstić information content (AvgIpc) is 2.03. The normalized spacial score (nSPS) is 9.42. The third-order valence-corrected chi connectivity index (χ3v) is 1.67. The minimum atomic E-state index is -1.11. The van der Waals surface area contributed by atoms with Gasteiger partial charge in [0.05, 0.1) is 5.56 Å². The Labute approximate surface area is 74.4 Å². The van der Waals surface area contributed by atoms with Crippen LogP contribution in [0, 0.1) is 0 Å². The maximum Gasteiger partial charge on any atom is 0.336 e. The molecule has 0 heterocycles. The first kappa shape index (κ1) is 8.80. The van der Waals surface area contributed by atoms with E-state index in [1.165, 1.54) is 18.2 Å². The van der Waals surface area contributed by atoms with Gasteiger partial charge in [0.25, 0.3) is 0 Å². The zero-order valence-corrected chi connectivity index (χ0v) is 6.91. The van der Waals surface area contributed by atoms with Gasteiger partial charge < -0.3 is 5.11 Å². The summed E-state index contributed by atoms with van der Waals surface area (Å²) in [5, 5.41) is 8.60. The van der Waals surface area contributed by atoms with Crippen LogP contribution in [0.2, 0.25) is 0 Å². The van der Waals surface area contributed by atoms with Gasteiger partial charge >= 0.3 is 5.97 Å². The molecule has 0 atom stereocenters. The zero-order valence-electron chi connectivity index (χ0n) is 6.02. The second kappa shape index (κ2) is 3.40. The van der Waals surface area contributed by atoms with Gasteiger partial charge in [-0.05, 0) is 18.2 Å². The molecule has 0 fully saturated rings. The van der Waals surface area contributed by atoms with Crippen LogP contribution in [-0.4, -0.2) is 17.4 Å². The Hall–Kier alpha value is -1.29. The van der Waals surface area contributed by atoms with Crippen molar-refractivity contribution < 1.29 is 14.7 Å². The van der Waals surface area contributed by atoms with Crippen molar-refractivity contribution in [3.8, 4) is 0 Å². The summed E-state index contributed by atoms with van der Waals surface area (Å²) in [5.41, 5.74) is 0.151. The average molecular weight is 182 g/mol. The minimum absolute atomic E-state index is 0.00259. The Balaban J connectivity index is 3.29. The van der Waals surface area contributed by atoms with Crippen LogP contribution >= 0.6 is 12.6 Å². The van der Waals surface area contributed by atoms with Crippen LogP contribution in [0.25, 0.3) is 0 Å². The van der Waals surface area contributed by atoms with Crippen LogP contribution in [0.15, 0.2) is 23.1 Å². The molecule has 0 radical (unpaired) electrons. The molecule has 0 aliphatic carbocycles. The van der Waals surface area contributed by atoms with E-state index >= 15 is 0 Å². The van der Waals surface area contributed by atoms with Crippen LogP contribution in [0.1, 0.15) is 20.7 Å². The molecule has 1 aromatic carbocycles. The molecule has 62 valence electrons. The van der Waals surface area contributed by atoms with Crippen molar-refractivity contribution in [3.05, 3.63) is 29.3 Å². The van der Waals surface area contributed by atoms with Gasteiger partial charge in [-0.2, -0.15) is 0 Å². The second-order valence-corrected chi connectivity index (χ2v) is 2.71. The standard InChI is InChI=1S/C8H6O3S/c9-4-5-3-6(12)1-2-7(5)8(10)11/h1-4,12H,(H,10,11). The van der Waals surface area contributed by atoms with E-state index < -0.39 is 5.97 Å². The Morgan fingerprint density at radius 1 is 1.50 bits per heavy atom. The molecular formula is C8H6O3S. The number of carboxylic acid groups (broad SMARTS) is 1. The van der Waals surface area contributed by atoms with Gasteiger partial charge in [0.15, 0.2) is 6.29 Å². The molecule has 3 nitrogen and oxygen atoms in total. The first-order valence-corrected chi connectivity index (χ1v) is 3.61. The number of aldehydes is 1. The molecule has 0 saturated heterocycles. The zero-order chi connectivity index (χ0) is 9.14. The first-order chi connectivity index (χ1) is 5.65. The van der Waals surface area contributed by atoms with Gasteiger partial charge in [-0.25, -0.2) is 4.79 Å². The van der Waals surface area contributed by atoms with Crippen molar-refractivity contribution in [2.24, 2.45) is 0 Å². The van der Waals surface area contributed by atoms with E-state index in [9.17, 15) is 9.59 Å². The summed E-state index contributed by atoms with van der Waals surface area (Å²) in [7, 11) is 0. The molecule has 0 spiro atoms. The van der Waals surface area contributed by atoms with E-state index in [2.05, 4.69) is 12.6 Å². The fourth-order valence-electron chi connectivity index (χ4n) is 0.842. The van der Waals surface area contributed by atoms with E-state index in [0.29, 0.717) is 11.2 Å². The molecule has 0 aliphatic rings. The van der Waals surface area contributed by atoms with Crippen molar-refractivity contribution in [3.63, 3.8) is 0 Å². The van der Waals surface area contributed by atoms with E-state index in [1.54, 1.807) is 0 Å². The Kier molecular flexibility index (Phi) is 2.50. The molecule has 0 amide bonds. The van der Waals surface area contributed by atoms with Crippen LogP contribution in [0.5, 0.6) is 0 Å². The van der Waals surface area contributed by atoms with E-state index in [0.717, 1.165) is 0 Å². The van der Waals surface area contributed by atoms with Crippen LogP contribution in [0.4, 0.5) is 0 Å². The lowest BCUT2D eigenvalue weighted by Gasteiger charge is -1.98. The van der Waals surface area contributed by atoms with Crippen molar-refractivity contribution >= 4 is 24.9 Å². The maximum atomic E-state index is 10.5. The van der Waals surface area contributed by atoms with Crippen LogP contribution in [0.3, 0.4) is 0 Å². The van der Waals surface area contributed by atoms with Crippen molar-refractivity contribution in [1.29, 1.82) is 0 Å². The number of carboxylic acids is 1. The van der Waals surface area contributed by atoms with Gasteiger partial charge in [0.2, 0.25) is 0 Å². The highest BCUT2D eigenvalue weighted by atomic mass is 32.1. The highest BCUT2D eigenvalue weighted by molar-refractivity contribution is 7.80. The second-order valence-electron chi connectivity index (χ2n) is 2.19. The quantitative estimate of drug-likeness (QED) is 0.538. The predicted octanol–water partition coefficient (Wildman–Crippen LogP) is 1.49. The summed E-state index contributed by atoms with van der Waals surface area (Å²) in [6.07, 6.45) is 0.503. The summed E-state index contributed by atoms with van der Waals surface area (Å²) >= 11 is 3.97. The number of rotatable bonds is 2. The van der Waals surface area contributed by atoms with Crippen LogP contribution < -0.4 is 0 Å². The third-order valence-electron chi connectivity index (χ3n) is 1.39. The van der Waals surface area contributed by atoms with Gasteiger partial charge in [-0.1, -0.05) is 0 Å². The van der Waals surface area contributed by atoms with Crippen molar-refractivity contribution in [1.82, 2.24) is 0 Å². The summed E-state index contributed by atoms with van der Waals surface area (Å²) in [6.45, 7) is 0. The number of carbonyl (C=O) groups excluding carboxylic acids is 1. The molecular weight excluding hydrogens is 176 g/mol. The van der Waals surface area contributed by atoms with E-state index in [4.69, 9.17) is 5.11 Å². The van der Waals surface area contributed by atoms with Gasteiger partial charge in [-0.3, -0.25) is 4.79 Å². The molecule has 1 rings (SSSR count). The highest BCUT2D eigenvalue weighted by Crippen LogP contribution is 2.12. The number of carbonyl (C=O) groups is 2. The molecule has 0 unspecified atom stereocenters. The number of thiol groups is 1. The molecule has 0 aliphatic heterocycles. The lowest BCUT2D eigenvalue weighted by Crippen LogP contribution is -2.01. The lowest BCUT2D eigenvalue weighted by molar-refractivity contribution is 0.0694. The molecule has 1 N–H and O–H groups in total. The molecule has 4 heteroatoms. The fraction of sp³-hybridized carbons (Fsp3) is 0. The molecule has 0 saturated carbocycles. The molecule has 0 aromatic heterocycles. The maximum absolute atomic E-state index is 10.5. The number of aromatic carboxylic acids is 1. The summed E-state index contributed by atoms with van der Waals surface area (Å²) in [6, 6.07) is 4.30. The minimum Gasteiger partial charge on any atom is -0.478 e. The first-order valence-electron chi connectivity index (χ1n) is 3.16. The molecule has 0 bridgehead atoms. The van der Waals surface area contributed by atoms with Crippen LogP contribution in [-0.2, 0) is 0 Å². The third kappa shape index (κ3) is 1.65. The monoisotopic (exact) mass is 182 g/mol. The van der Waals surface area contributed by atoms with Crippen molar-refractivity contribution in [2.75, 3.05) is 0 Å². The number of hydrogen-bond acceptors (Lipinski definition) is 3. The summed E-state index contributed by atoms with van der Waals surface area (Å²) < 4.78 is 0. The van der Waals surface area contributed by atoms with E-state index in [1.807, 2.05) is 0 Å². The highest BCUT2D eigenvalue weighted by Gasteiger charge is 2.08. The summed E-state index contributed by atoms with van der Waals surface area (Å²) in [5.74, 6) is -1.11. The fourth-order valence-corrected chi connectivity index (χ4v) is 1.06. The topological polar surface area (TPSA) is 54.4 Å². The molecule has 1 aromatic rings. The SMILES string of the molecule is O=Cc1cc(S)ccc1C(=O)O. The lowest BCUT2D eigenvalue weighted by atomic mass is 10.1. The predicted molar refractivity (Wildman–Crippen MR) is 46.0 cm³/mol. The van der Waals surface area contributed by atoms with Gasteiger partial charge in [0.1, 0.15) is 0 Å². The largest absolute Gasteiger partial charge is 0.478 e. The van der Waals surface area contributed by atoms with Gasteiger partial charge in [-0.15, -0.1) is 12.6 Å². The van der Waals surface area contributed by atoms with Gasteiger partial charge in [0, 0.05) is 10.5 Å². The Bertz CT molecular complexity index is 333. The Morgan fingerprint density at radius 2 is 2.17 bits per heavy atom. The number of hydrogen-bond donors (Lipinski definition) is 2.